The number of aromatic nitrogens is 4. The standard InChI is InChI=1S/C18H25N5OS2/c1-13-7-8-16(11-14(13)2)25-10-9-19-17(24)12-26-18-20-21-22-23(18)15-5-3-4-6-15/h7-8,11,15H,3-6,9-10,12H2,1-2H3,(H,19,24). The molecule has 0 bridgehead atoms. The van der Waals surface area contributed by atoms with Gasteiger partial charge in [-0.3, -0.25) is 4.79 Å². The van der Waals surface area contributed by atoms with Crippen molar-refractivity contribution in [3.8, 4) is 0 Å². The first-order valence-electron chi connectivity index (χ1n) is 9.01. The molecule has 0 spiro atoms. The highest BCUT2D eigenvalue weighted by Crippen LogP contribution is 2.31. The zero-order chi connectivity index (χ0) is 18.4. The summed E-state index contributed by atoms with van der Waals surface area (Å²) in [6, 6.07) is 6.86. The van der Waals surface area contributed by atoms with Gasteiger partial charge in [-0.05, 0) is 60.4 Å². The van der Waals surface area contributed by atoms with E-state index in [1.54, 1.807) is 11.8 Å². The molecule has 0 unspecified atom stereocenters. The third-order valence-corrected chi connectivity index (χ3v) is 6.57. The lowest BCUT2D eigenvalue weighted by molar-refractivity contribution is -0.118. The second kappa shape index (κ2) is 9.41. The number of benzene rings is 1. The number of aryl methyl sites for hydroxylation is 2. The van der Waals surface area contributed by atoms with Gasteiger partial charge in [0.25, 0.3) is 0 Å². The number of carbonyl (C=O) groups is 1. The van der Waals surface area contributed by atoms with Gasteiger partial charge in [0, 0.05) is 17.2 Å². The molecule has 2 aromatic rings. The Balaban J connectivity index is 1.37. The minimum Gasteiger partial charge on any atom is -0.355 e. The summed E-state index contributed by atoms with van der Waals surface area (Å²) in [6.45, 7) is 4.90. The first kappa shape index (κ1) is 19.2. The van der Waals surface area contributed by atoms with Gasteiger partial charge < -0.3 is 5.32 Å². The third kappa shape index (κ3) is 5.23. The zero-order valence-electron chi connectivity index (χ0n) is 15.3. The Morgan fingerprint density at radius 3 is 2.81 bits per heavy atom. The summed E-state index contributed by atoms with van der Waals surface area (Å²) in [6.07, 6.45) is 4.71. The maximum atomic E-state index is 12.1. The number of nitrogens with zero attached hydrogens (tertiary/aromatic N) is 4. The lowest BCUT2D eigenvalue weighted by Crippen LogP contribution is -2.27. The van der Waals surface area contributed by atoms with Crippen LogP contribution in [0.2, 0.25) is 0 Å². The molecule has 1 heterocycles. The molecule has 8 heteroatoms. The topological polar surface area (TPSA) is 72.7 Å². The average Bonchev–Trinajstić information content (AvgIpc) is 3.30. The predicted octanol–water partition coefficient (Wildman–Crippen LogP) is 3.41. The van der Waals surface area contributed by atoms with Gasteiger partial charge in [-0.25, -0.2) is 4.68 Å². The smallest absolute Gasteiger partial charge is 0.230 e. The lowest BCUT2D eigenvalue weighted by Gasteiger charge is -2.10. The van der Waals surface area contributed by atoms with Gasteiger partial charge in [0.15, 0.2) is 0 Å². The van der Waals surface area contributed by atoms with Crippen LogP contribution in [0.5, 0.6) is 0 Å². The number of tetrazole rings is 1. The zero-order valence-corrected chi connectivity index (χ0v) is 16.9. The highest BCUT2D eigenvalue weighted by atomic mass is 32.2. The van der Waals surface area contributed by atoms with Gasteiger partial charge in [0.2, 0.25) is 11.1 Å². The van der Waals surface area contributed by atoms with Crippen LogP contribution >= 0.6 is 23.5 Å². The van der Waals surface area contributed by atoms with Gasteiger partial charge in [-0.15, -0.1) is 16.9 Å². The molecule has 1 N–H and O–H groups in total. The number of hydrogen-bond donors (Lipinski definition) is 1. The minimum atomic E-state index is 0.0247. The van der Waals surface area contributed by atoms with Crippen LogP contribution in [-0.4, -0.2) is 44.2 Å². The molecule has 1 fully saturated rings. The fourth-order valence-electron chi connectivity index (χ4n) is 3.00. The Kier molecular flexibility index (Phi) is 6.96. The van der Waals surface area contributed by atoms with Crippen molar-refractivity contribution >= 4 is 29.4 Å². The molecule has 0 aliphatic heterocycles. The Hall–Kier alpha value is -1.54. The maximum Gasteiger partial charge on any atom is 0.230 e. The molecule has 140 valence electrons. The summed E-state index contributed by atoms with van der Waals surface area (Å²) >= 11 is 3.18. The summed E-state index contributed by atoms with van der Waals surface area (Å²) in [7, 11) is 0. The fraction of sp³-hybridized carbons (Fsp3) is 0.556. The highest BCUT2D eigenvalue weighted by molar-refractivity contribution is 7.99. The molecule has 6 nitrogen and oxygen atoms in total. The van der Waals surface area contributed by atoms with Gasteiger partial charge in [-0.2, -0.15) is 0 Å². The second-order valence-electron chi connectivity index (χ2n) is 6.58. The van der Waals surface area contributed by atoms with Crippen molar-refractivity contribution < 1.29 is 4.79 Å². The summed E-state index contributed by atoms with van der Waals surface area (Å²) in [5.74, 6) is 1.23. The normalized spacial score (nSPS) is 14.7. The molecule has 1 aromatic carbocycles. The monoisotopic (exact) mass is 391 g/mol. The van der Waals surface area contributed by atoms with Gasteiger partial charge in [-0.1, -0.05) is 30.7 Å². The molecule has 3 rings (SSSR count). The van der Waals surface area contributed by atoms with Crippen LogP contribution in [0.4, 0.5) is 0 Å². The highest BCUT2D eigenvalue weighted by Gasteiger charge is 2.21. The number of carbonyl (C=O) groups excluding carboxylic acids is 1. The minimum absolute atomic E-state index is 0.0247. The Morgan fingerprint density at radius 1 is 1.23 bits per heavy atom. The van der Waals surface area contributed by atoms with E-state index in [4.69, 9.17) is 0 Å². The van der Waals surface area contributed by atoms with E-state index in [1.165, 1.54) is 40.6 Å². The quantitative estimate of drug-likeness (QED) is 0.549. The molecule has 26 heavy (non-hydrogen) atoms. The van der Waals surface area contributed by atoms with Crippen LogP contribution in [0, 0.1) is 13.8 Å². The van der Waals surface area contributed by atoms with E-state index >= 15 is 0 Å². The van der Waals surface area contributed by atoms with Crippen molar-refractivity contribution in [2.24, 2.45) is 0 Å². The van der Waals surface area contributed by atoms with E-state index in [0.29, 0.717) is 18.3 Å². The molecule has 0 saturated heterocycles. The van der Waals surface area contributed by atoms with E-state index < -0.39 is 0 Å². The number of hydrogen-bond acceptors (Lipinski definition) is 6. The van der Waals surface area contributed by atoms with Crippen LogP contribution < -0.4 is 5.32 Å². The molecule has 1 aliphatic carbocycles. The Bertz CT molecular complexity index is 743. The molecule has 1 amide bonds. The Morgan fingerprint density at radius 2 is 2.04 bits per heavy atom. The third-order valence-electron chi connectivity index (χ3n) is 4.64. The van der Waals surface area contributed by atoms with E-state index in [9.17, 15) is 4.79 Å². The van der Waals surface area contributed by atoms with Gasteiger partial charge >= 0.3 is 0 Å². The van der Waals surface area contributed by atoms with E-state index in [2.05, 4.69) is 52.9 Å². The summed E-state index contributed by atoms with van der Waals surface area (Å²) < 4.78 is 1.89. The second-order valence-corrected chi connectivity index (χ2v) is 8.69. The van der Waals surface area contributed by atoms with Gasteiger partial charge in [0.1, 0.15) is 0 Å². The molecule has 0 atom stereocenters. The SMILES string of the molecule is Cc1ccc(SCCNC(=O)CSc2nnnn2C2CCCC2)cc1C. The Labute approximate surface area is 162 Å². The fourth-order valence-corrected chi connectivity index (χ4v) is 4.64. The summed E-state index contributed by atoms with van der Waals surface area (Å²) in [5.41, 5.74) is 2.61. The molecule has 0 radical (unpaired) electrons. The molecule has 1 aromatic heterocycles. The van der Waals surface area contributed by atoms with E-state index in [1.807, 2.05) is 4.68 Å². The summed E-state index contributed by atoms with van der Waals surface area (Å²) in [5, 5.41) is 15.7. The first-order chi connectivity index (χ1) is 12.6. The van der Waals surface area contributed by atoms with Crippen molar-refractivity contribution in [1.82, 2.24) is 25.5 Å². The van der Waals surface area contributed by atoms with Crippen LogP contribution in [0.1, 0.15) is 42.9 Å². The molecule has 1 aliphatic rings. The van der Waals surface area contributed by atoms with Crippen LogP contribution in [0.3, 0.4) is 0 Å². The van der Waals surface area contributed by atoms with Crippen molar-refractivity contribution in [2.75, 3.05) is 18.1 Å². The van der Waals surface area contributed by atoms with Crippen molar-refractivity contribution in [3.05, 3.63) is 29.3 Å². The van der Waals surface area contributed by atoms with Crippen molar-refractivity contribution in [1.29, 1.82) is 0 Å². The van der Waals surface area contributed by atoms with E-state index in [-0.39, 0.29) is 5.91 Å². The summed E-state index contributed by atoms with van der Waals surface area (Å²) in [4.78, 5) is 13.3. The molecular weight excluding hydrogens is 366 g/mol. The number of nitrogens with one attached hydrogen (secondary N) is 1. The van der Waals surface area contributed by atoms with E-state index in [0.717, 1.165) is 23.8 Å². The predicted molar refractivity (Wildman–Crippen MR) is 106 cm³/mol. The number of amides is 1. The largest absolute Gasteiger partial charge is 0.355 e. The van der Waals surface area contributed by atoms with Crippen LogP contribution in [0.25, 0.3) is 0 Å². The average molecular weight is 392 g/mol. The number of rotatable bonds is 8. The maximum absolute atomic E-state index is 12.1. The molecular formula is C18H25N5OS2. The molecule has 1 saturated carbocycles. The van der Waals surface area contributed by atoms with Crippen molar-refractivity contribution in [2.45, 2.75) is 55.6 Å². The lowest BCUT2D eigenvalue weighted by atomic mass is 10.1. The first-order valence-corrected chi connectivity index (χ1v) is 11.0. The van der Waals surface area contributed by atoms with Gasteiger partial charge in [0.05, 0.1) is 11.8 Å². The van der Waals surface area contributed by atoms with Crippen LogP contribution in [-0.2, 0) is 4.79 Å². The van der Waals surface area contributed by atoms with Crippen LogP contribution in [0.15, 0.2) is 28.3 Å². The van der Waals surface area contributed by atoms with Crippen molar-refractivity contribution in [3.63, 3.8) is 0 Å². The number of thioether (sulfide) groups is 2.